The number of rotatable bonds is 4. The molecule has 2 aromatic rings. The van der Waals surface area contributed by atoms with E-state index in [2.05, 4.69) is 15.9 Å². The van der Waals surface area contributed by atoms with E-state index >= 15 is 0 Å². The van der Waals surface area contributed by atoms with Gasteiger partial charge in [0.1, 0.15) is 17.2 Å². The lowest BCUT2D eigenvalue weighted by atomic mass is 10.2. The van der Waals surface area contributed by atoms with Crippen molar-refractivity contribution in [2.45, 2.75) is 6.61 Å². The Hall–Kier alpha value is -1.52. The number of hydrogen-bond donors (Lipinski definition) is 1. The lowest BCUT2D eigenvalue weighted by molar-refractivity contribution is 0.281. The summed E-state index contributed by atoms with van der Waals surface area (Å²) in [4.78, 5) is 0. The standard InChI is InChI=1S/C14H13BrO3/c1-17-11-4-6-12(7-5-11)18-13-3-2-10(9-16)14(15)8-13/h2-8,16H,9H2,1H3. The molecule has 94 valence electrons. The van der Waals surface area contributed by atoms with Crippen LogP contribution in [0.1, 0.15) is 5.56 Å². The number of aliphatic hydroxyl groups is 1. The molecule has 0 aliphatic heterocycles. The van der Waals surface area contributed by atoms with Crippen LogP contribution in [0.3, 0.4) is 0 Å². The second kappa shape index (κ2) is 5.89. The summed E-state index contributed by atoms with van der Waals surface area (Å²) in [6, 6.07) is 12.8. The third kappa shape index (κ3) is 3.03. The molecule has 0 bridgehead atoms. The molecule has 0 saturated carbocycles. The molecule has 1 N–H and O–H groups in total. The van der Waals surface area contributed by atoms with Crippen LogP contribution in [0.15, 0.2) is 46.9 Å². The number of halogens is 1. The Morgan fingerprint density at radius 1 is 1.00 bits per heavy atom. The highest BCUT2D eigenvalue weighted by Gasteiger charge is 2.02. The minimum absolute atomic E-state index is 0.00337. The van der Waals surface area contributed by atoms with Gasteiger partial charge in [-0.1, -0.05) is 22.0 Å². The van der Waals surface area contributed by atoms with Crippen molar-refractivity contribution in [1.82, 2.24) is 0 Å². The minimum atomic E-state index is 0.00337. The zero-order valence-electron chi connectivity index (χ0n) is 9.89. The third-order valence-electron chi connectivity index (χ3n) is 2.49. The summed E-state index contributed by atoms with van der Waals surface area (Å²) in [5, 5.41) is 9.07. The predicted molar refractivity (Wildman–Crippen MR) is 73.1 cm³/mol. The molecule has 4 heteroatoms. The van der Waals surface area contributed by atoms with Crippen molar-refractivity contribution >= 4 is 15.9 Å². The minimum Gasteiger partial charge on any atom is -0.497 e. The van der Waals surface area contributed by atoms with E-state index in [1.807, 2.05) is 42.5 Å². The molecule has 2 aromatic carbocycles. The smallest absolute Gasteiger partial charge is 0.128 e. The van der Waals surface area contributed by atoms with E-state index in [1.165, 1.54) is 0 Å². The summed E-state index contributed by atoms with van der Waals surface area (Å²) in [6.45, 7) is 0.00337. The Kier molecular flexibility index (Phi) is 4.23. The number of hydrogen-bond acceptors (Lipinski definition) is 3. The summed E-state index contributed by atoms with van der Waals surface area (Å²) in [5.74, 6) is 2.24. The zero-order valence-corrected chi connectivity index (χ0v) is 11.5. The van der Waals surface area contributed by atoms with Gasteiger partial charge in [0.05, 0.1) is 13.7 Å². The summed E-state index contributed by atoms with van der Waals surface area (Å²) in [6.07, 6.45) is 0. The molecule has 0 spiro atoms. The van der Waals surface area contributed by atoms with E-state index in [0.29, 0.717) is 5.75 Å². The van der Waals surface area contributed by atoms with Gasteiger partial charge in [-0.25, -0.2) is 0 Å². The highest BCUT2D eigenvalue weighted by molar-refractivity contribution is 9.10. The van der Waals surface area contributed by atoms with Gasteiger partial charge in [-0.3, -0.25) is 0 Å². The second-order valence-corrected chi connectivity index (χ2v) is 4.54. The number of ether oxygens (including phenoxy) is 2. The maximum Gasteiger partial charge on any atom is 0.128 e. The Balaban J connectivity index is 2.15. The zero-order chi connectivity index (χ0) is 13.0. The molecule has 3 nitrogen and oxygen atoms in total. The van der Waals surface area contributed by atoms with E-state index in [0.717, 1.165) is 21.5 Å². The van der Waals surface area contributed by atoms with Crippen LogP contribution in [-0.4, -0.2) is 12.2 Å². The van der Waals surface area contributed by atoms with Crippen LogP contribution < -0.4 is 9.47 Å². The molecule has 0 radical (unpaired) electrons. The molecule has 0 heterocycles. The van der Waals surface area contributed by atoms with Crippen LogP contribution in [0.25, 0.3) is 0 Å². The lowest BCUT2D eigenvalue weighted by Crippen LogP contribution is -1.89. The molecular formula is C14H13BrO3. The highest BCUT2D eigenvalue weighted by Crippen LogP contribution is 2.28. The van der Waals surface area contributed by atoms with Crippen LogP contribution in [0.2, 0.25) is 0 Å². The first-order valence-corrected chi connectivity index (χ1v) is 6.23. The van der Waals surface area contributed by atoms with Crippen molar-refractivity contribution in [3.63, 3.8) is 0 Å². The topological polar surface area (TPSA) is 38.7 Å². The molecule has 0 fully saturated rings. The monoisotopic (exact) mass is 308 g/mol. The Labute approximate surface area is 114 Å². The van der Waals surface area contributed by atoms with Crippen molar-refractivity contribution in [3.8, 4) is 17.2 Å². The fourth-order valence-corrected chi connectivity index (χ4v) is 1.98. The first kappa shape index (κ1) is 12.9. The normalized spacial score (nSPS) is 10.2. The van der Waals surface area contributed by atoms with Crippen molar-refractivity contribution < 1.29 is 14.6 Å². The van der Waals surface area contributed by atoms with Gasteiger partial charge in [-0.2, -0.15) is 0 Å². The summed E-state index contributed by atoms with van der Waals surface area (Å²) in [5.41, 5.74) is 0.831. The van der Waals surface area contributed by atoms with Gasteiger partial charge < -0.3 is 14.6 Å². The molecule has 18 heavy (non-hydrogen) atoms. The van der Waals surface area contributed by atoms with Gasteiger partial charge in [-0.15, -0.1) is 0 Å². The SMILES string of the molecule is COc1ccc(Oc2ccc(CO)c(Br)c2)cc1. The lowest BCUT2D eigenvalue weighted by Gasteiger charge is -2.08. The van der Waals surface area contributed by atoms with Crippen LogP contribution >= 0.6 is 15.9 Å². The average Bonchev–Trinajstić information content (AvgIpc) is 2.40. The van der Waals surface area contributed by atoms with E-state index in [1.54, 1.807) is 7.11 Å². The largest absolute Gasteiger partial charge is 0.497 e. The highest BCUT2D eigenvalue weighted by atomic mass is 79.9. The molecule has 0 amide bonds. The van der Waals surface area contributed by atoms with Gasteiger partial charge in [0.2, 0.25) is 0 Å². The molecule has 0 aromatic heterocycles. The molecule has 2 rings (SSSR count). The summed E-state index contributed by atoms with van der Waals surface area (Å²) in [7, 11) is 1.63. The quantitative estimate of drug-likeness (QED) is 0.935. The van der Waals surface area contributed by atoms with Crippen molar-refractivity contribution in [1.29, 1.82) is 0 Å². The van der Waals surface area contributed by atoms with E-state index in [-0.39, 0.29) is 6.61 Å². The molecule has 0 aliphatic carbocycles. The van der Waals surface area contributed by atoms with Crippen LogP contribution in [0.5, 0.6) is 17.2 Å². The molecule has 0 atom stereocenters. The van der Waals surface area contributed by atoms with Crippen LogP contribution in [-0.2, 0) is 6.61 Å². The fourth-order valence-electron chi connectivity index (χ4n) is 1.50. The summed E-state index contributed by atoms with van der Waals surface area (Å²) < 4.78 is 11.6. The Morgan fingerprint density at radius 3 is 2.17 bits per heavy atom. The van der Waals surface area contributed by atoms with E-state index in [9.17, 15) is 0 Å². The van der Waals surface area contributed by atoms with E-state index < -0.39 is 0 Å². The third-order valence-corrected chi connectivity index (χ3v) is 3.23. The van der Waals surface area contributed by atoms with Gasteiger partial charge in [0.25, 0.3) is 0 Å². The Bertz CT molecular complexity index is 523. The van der Waals surface area contributed by atoms with Gasteiger partial charge in [-0.05, 0) is 42.0 Å². The molecule has 0 unspecified atom stereocenters. The average molecular weight is 309 g/mol. The number of aliphatic hydroxyl groups excluding tert-OH is 1. The van der Waals surface area contributed by atoms with E-state index in [4.69, 9.17) is 14.6 Å². The van der Waals surface area contributed by atoms with Crippen molar-refractivity contribution in [3.05, 3.63) is 52.5 Å². The van der Waals surface area contributed by atoms with Crippen LogP contribution in [0, 0.1) is 0 Å². The van der Waals surface area contributed by atoms with Gasteiger partial charge in [0, 0.05) is 4.47 Å². The fraction of sp³-hybridized carbons (Fsp3) is 0.143. The van der Waals surface area contributed by atoms with Crippen LogP contribution in [0.4, 0.5) is 0 Å². The maximum atomic E-state index is 9.07. The van der Waals surface area contributed by atoms with Gasteiger partial charge in [0.15, 0.2) is 0 Å². The maximum absolute atomic E-state index is 9.07. The molecule has 0 aliphatic rings. The predicted octanol–water partition coefficient (Wildman–Crippen LogP) is 3.74. The van der Waals surface area contributed by atoms with Crippen molar-refractivity contribution in [2.75, 3.05) is 7.11 Å². The number of benzene rings is 2. The number of methoxy groups -OCH3 is 1. The Morgan fingerprint density at radius 2 is 1.61 bits per heavy atom. The first-order valence-electron chi connectivity index (χ1n) is 5.44. The first-order chi connectivity index (χ1) is 8.72. The van der Waals surface area contributed by atoms with Gasteiger partial charge >= 0.3 is 0 Å². The molecule has 0 saturated heterocycles. The van der Waals surface area contributed by atoms with Crippen molar-refractivity contribution in [2.24, 2.45) is 0 Å². The molecular weight excluding hydrogens is 296 g/mol. The summed E-state index contributed by atoms with van der Waals surface area (Å²) >= 11 is 3.38. The second-order valence-electron chi connectivity index (χ2n) is 3.69.